The van der Waals surface area contributed by atoms with Crippen molar-refractivity contribution in [2.45, 2.75) is 13.5 Å². The molecule has 2 amide bonds. The molecule has 5 nitrogen and oxygen atoms in total. The van der Waals surface area contributed by atoms with Gasteiger partial charge in [-0.15, -0.1) is 0 Å². The molecule has 84 valence electrons. The third kappa shape index (κ3) is 2.13. The Balaban J connectivity index is 2.16. The fourth-order valence-electron chi connectivity index (χ4n) is 1.46. The second-order valence-corrected chi connectivity index (χ2v) is 3.47. The standard InChI is InChI=1S/C11H13N3O2/c1-7-14-9-4-3-8(5-10(9)16-7)6-13-11(15)12-2/h3-5H,6H2,1-2H3,(H2,12,13,15). The molecule has 2 aromatic rings. The Labute approximate surface area is 92.8 Å². The van der Waals surface area contributed by atoms with Gasteiger partial charge >= 0.3 is 6.03 Å². The summed E-state index contributed by atoms with van der Waals surface area (Å²) in [6.45, 7) is 2.28. The number of nitrogens with one attached hydrogen (secondary N) is 2. The van der Waals surface area contributed by atoms with Crippen LogP contribution < -0.4 is 10.6 Å². The smallest absolute Gasteiger partial charge is 0.314 e. The molecule has 2 rings (SSSR count). The lowest BCUT2D eigenvalue weighted by atomic mass is 10.2. The van der Waals surface area contributed by atoms with Crippen LogP contribution in [0.25, 0.3) is 11.1 Å². The number of nitrogens with zero attached hydrogens (tertiary/aromatic N) is 1. The second kappa shape index (κ2) is 4.22. The normalized spacial score (nSPS) is 10.4. The first-order chi connectivity index (χ1) is 7.69. The minimum absolute atomic E-state index is 0.200. The van der Waals surface area contributed by atoms with Gasteiger partial charge in [-0.3, -0.25) is 0 Å². The van der Waals surface area contributed by atoms with Crippen LogP contribution in [0.15, 0.2) is 22.6 Å². The van der Waals surface area contributed by atoms with Crippen LogP contribution in [0.4, 0.5) is 4.79 Å². The van der Waals surface area contributed by atoms with Gasteiger partial charge in [-0.25, -0.2) is 9.78 Å². The number of fused-ring (bicyclic) bond motifs is 1. The van der Waals surface area contributed by atoms with Gasteiger partial charge in [-0.1, -0.05) is 6.07 Å². The molecule has 0 saturated heterocycles. The van der Waals surface area contributed by atoms with Crippen LogP contribution >= 0.6 is 0 Å². The maximum absolute atomic E-state index is 11.0. The fourth-order valence-corrected chi connectivity index (χ4v) is 1.46. The number of urea groups is 1. The van der Waals surface area contributed by atoms with E-state index in [2.05, 4.69) is 15.6 Å². The van der Waals surface area contributed by atoms with Crippen molar-refractivity contribution in [1.82, 2.24) is 15.6 Å². The monoisotopic (exact) mass is 219 g/mol. The van der Waals surface area contributed by atoms with Gasteiger partial charge in [0.15, 0.2) is 11.5 Å². The summed E-state index contributed by atoms with van der Waals surface area (Å²) in [5, 5.41) is 5.20. The number of amides is 2. The van der Waals surface area contributed by atoms with E-state index in [1.165, 1.54) is 0 Å². The van der Waals surface area contributed by atoms with Gasteiger partial charge in [0.1, 0.15) is 5.52 Å². The first-order valence-corrected chi connectivity index (χ1v) is 5.00. The Morgan fingerprint density at radius 1 is 1.50 bits per heavy atom. The summed E-state index contributed by atoms with van der Waals surface area (Å²) in [5.74, 6) is 0.645. The lowest BCUT2D eigenvalue weighted by molar-refractivity contribution is 0.242. The number of rotatable bonds is 2. The van der Waals surface area contributed by atoms with Gasteiger partial charge in [0.25, 0.3) is 0 Å². The van der Waals surface area contributed by atoms with Gasteiger partial charge < -0.3 is 15.1 Å². The summed E-state index contributed by atoms with van der Waals surface area (Å²) in [6, 6.07) is 5.48. The zero-order valence-corrected chi connectivity index (χ0v) is 9.20. The van der Waals surface area contributed by atoms with Crippen LogP contribution in [0, 0.1) is 6.92 Å². The largest absolute Gasteiger partial charge is 0.441 e. The van der Waals surface area contributed by atoms with Crippen molar-refractivity contribution in [2.75, 3.05) is 7.05 Å². The molecule has 0 atom stereocenters. The molecular formula is C11H13N3O2. The van der Waals surface area contributed by atoms with Crippen LogP contribution in [0.5, 0.6) is 0 Å². The van der Waals surface area contributed by atoms with E-state index < -0.39 is 0 Å². The van der Waals surface area contributed by atoms with Crippen molar-refractivity contribution in [3.05, 3.63) is 29.7 Å². The molecule has 2 N–H and O–H groups in total. The molecule has 1 aromatic heterocycles. The summed E-state index contributed by atoms with van der Waals surface area (Å²) < 4.78 is 5.40. The van der Waals surface area contributed by atoms with Crippen LogP contribution in [0.1, 0.15) is 11.5 Å². The van der Waals surface area contributed by atoms with Crippen molar-refractivity contribution in [3.63, 3.8) is 0 Å². The molecule has 0 unspecified atom stereocenters. The lowest BCUT2D eigenvalue weighted by Crippen LogP contribution is -2.32. The highest BCUT2D eigenvalue weighted by molar-refractivity contribution is 5.75. The SMILES string of the molecule is CNC(=O)NCc1ccc2nc(C)oc2c1. The third-order valence-electron chi connectivity index (χ3n) is 2.24. The molecule has 0 saturated carbocycles. The van der Waals surface area contributed by atoms with Crippen molar-refractivity contribution < 1.29 is 9.21 Å². The van der Waals surface area contributed by atoms with Gasteiger partial charge in [0.05, 0.1) is 0 Å². The zero-order valence-electron chi connectivity index (χ0n) is 9.20. The number of aromatic nitrogens is 1. The summed E-state index contributed by atoms with van der Waals surface area (Å²) in [7, 11) is 1.58. The number of carbonyl (C=O) groups excluding carboxylic acids is 1. The van der Waals surface area contributed by atoms with E-state index in [4.69, 9.17) is 4.42 Å². The summed E-state index contributed by atoms with van der Waals surface area (Å²) in [6.07, 6.45) is 0. The number of benzene rings is 1. The van der Waals surface area contributed by atoms with E-state index in [-0.39, 0.29) is 6.03 Å². The first-order valence-electron chi connectivity index (χ1n) is 5.00. The number of carbonyl (C=O) groups is 1. The number of hydrogen-bond donors (Lipinski definition) is 2. The minimum Gasteiger partial charge on any atom is -0.441 e. The van der Waals surface area contributed by atoms with Crippen LogP contribution in [0.3, 0.4) is 0 Å². The highest BCUT2D eigenvalue weighted by atomic mass is 16.3. The average molecular weight is 219 g/mol. The Morgan fingerprint density at radius 3 is 3.06 bits per heavy atom. The lowest BCUT2D eigenvalue weighted by Gasteiger charge is -2.03. The van der Waals surface area contributed by atoms with Crippen molar-refractivity contribution in [1.29, 1.82) is 0 Å². The van der Waals surface area contributed by atoms with Gasteiger partial charge in [-0.05, 0) is 17.7 Å². The van der Waals surface area contributed by atoms with E-state index in [1.54, 1.807) is 7.05 Å². The predicted molar refractivity (Wildman–Crippen MR) is 60.0 cm³/mol. The zero-order chi connectivity index (χ0) is 11.5. The predicted octanol–water partition coefficient (Wildman–Crippen LogP) is 1.57. The highest BCUT2D eigenvalue weighted by Crippen LogP contribution is 2.16. The van der Waals surface area contributed by atoms with E-state index >= 15 is 0 Å². The van der Waals surface area contributed by atoms with Crippen LogP contribution in [-0.4, -0.2) is 18.1 Å². The maximum Gasteiger partial charge on any atom is 0.314 e. The minimum atomic E-state index is -0.200. The molecule has 1 heterocycles. The van der Waals surface area contributed by atoms with E-state index in [9.17, 15) is 4.79 Å². The summed E-state index contributed by atoms with van der Waals surface area (Å²) in [5.41, 5.74) is 2.56. The molecule has 16 heavy (non-hydrogen) atoms. The molecule has 1 aromatic carbocycles. The molecule has 0 aliphatic heterocycles. The Bertz CT molecular complexity index is 519. The van der Waals surface area contributed by atoms with E-state index in [0.29, 0.717) is 12.4 Å². The van der Waals surface area contributed by atoms with E-state index in [1.807, 2.05) is 25.1 Å². The number of aryl methyl sites for hydroxylation is 1. The highest BCUT2D eigenvalue weighted by Gasteiger charge is 2.03. The van der Waals surface area contributed by atoms with Crippen LogP contribution in [0.2, 0.25) is 0 Å². The molecule has 0 fully saturated rings. The van der Waals surface area contributed by atoms with Crippen molar-refractivity contribution >= 4 is 17.1 Å². The number of hydrogen-bond acceptors (Lipinski definition) is 3. The summed E-state index contributed by atoms with van der Waals surface area (Å²) >= 11 is 0. The van der Waals surface area contributed by atoms with Gasteiger partial charge in [-0.2, -0.15) is 0 Å². The quantitative estimate of drug-likeness (QED) is 0.805. The van der Waals surface area contributed by atoms with Crippen LogP contribution in [-0.2, 0) is 6.54 Å². The molecule has 0 bridgehead atoms. The van der Waals surface area contributed by atoms with Gasteiger partial charge in [0.2, 0.25) is 0 Å². The topological polar surface area (TPSA) is 67.2 Å². The first kappa shape index (κ1) is 10.5. The molecule has 0 aliphatic carbocycles. The molecule has 5 heteroatoms. The Kier molecular flexibility index (Phi) is 2.76. The average Bonchev–Trinajstić information content (AvgIpc) is 2.65. The van der Waals surface area contributed by atoms with Crippen molar-refractivity contribution in [3.8, 4) is 0 Å². The molecule has 0 aliphatic rings. The summed E-state index contributed by atoms with van der Waals surface area (Å²) in [4.78, 5) is 15.2. The third-order valence-corrected chi connectivity index (χ3v) is 2.24. The molecule has 0 radical (unpaired) electrons. The molecular weight excluding hydrogens is 206 g/mol. The Hall–Kier alpha value is -2.04. The Morgan fingerprint density at radius 2 is 2.31 bits per heavy atom. The van der Waals surface area contributed by atoms with E-state index in [0.717, 1.165) is 16.7 Å². The fraction of sp³-hybridized carbons (Fsp3) is 0.273. The number of oxazole rings is 1. The molecule has 0 spiro atoms. The maximum atomic E-state index is 11.0. The van der Waals surface area contributed by atoms with Crippen molar-refractivity contribution in [2.24, 2.45) is 0 Å². The van der Waals surface area contributed by atoms with Gasteiger partial charge in [0, 0.05) is 20.5 Å². The second-order valence-electron chi connectivity index (χ2n) is 3.47.